The molecule has 0 saturated heterocycles. The SMILES string of the molecule is O=Cc1ccc(Oc2cncc(C(F)(F)F)c2)c(F)c1. The number of hydrogen-bond donors (Lipinski definition) is 0. The molecule has 0 bridgehead atoms. The number of hydrogen-bond acceptors (Lipinski definition) is 3. The van der Waals surface area contributed by atoms with E-state index in [9.17, 15) is 22.4 Å². The number of halogens is 4. The fourth-order valence-corrected chi connectivity index (χ4v) is 1.43. The van der Waals surface area contributed by atoms with Crippen LogP contribution in [0.25, 0.3) is 0 Å². The van der Waals surface area contributed by atoms with Crippen molar-refractivity contribution in [3.8, 4) is 11.5 Å². The third-order valence-corrected chi connectivity index (χ3v) is 2.36. The highest BCUT2D eigenvalue weighted by atomic mass is 19.4. The molecule has 2 aromatic rings. The van der Waals surface area contributed by atoms with Crippen molar-refractivity contribution >= 4 is 6.29 Å². The zero-order chi connectivity index (χ0) is 14.8. The van der Waals surface area contributed by atoms with E-state index >= 15 is 0 Å². The van der Waals surface area contributed by atoms with Gasteiger partial charge in [0, 0.05) is 11.8 Å². The lowest BCUT2D eigenvalue weighted by Crippen LogP contribution is -2.05. The number of nitrogens with zero attached hydrogens (tertiary/aromatic N) is 1. The first-order chi connectivity index (χ1) is 9.40. The summed E-state index contributed by atoms with van der Waals surface area (Å²) in [7, 11) is 0. The number of benzene rings is 1. The third kappa shape index (κ3) is 3.11. The van der Waals surface area contributed by atoms with Gasteiger partial charge in [-0.3, -0.25) is 9.78 Å². The van der Waals surface area contributed by atoms with Gasteiger partial charge in [-0.05, 0) is 24.3 Å². The van der Waals surface area contributed by atoms with Gasteiger partial charge in [-0.2, -0.15) is 13.2 Å². The number of aldehydes is 1. The van der Waals surface area contributed by atoms with Crippen molar-refractivity contribution in [3.63, 3.8) is 0 Å². The average Bonchev–Trinajstić information content (AvgIpc) is 2.40. The number of carbonyl (C=O) groups excluding carboxylic acids is 1. The van der Waals surface area contributed by atoms with E-state index in [1.807, 2.05) is 0 Å². The Hall–Kier alpha value is -2.44. The summed E-state index contributed by atoms with van der Waals surface area (Å²) in [5.41, 5.74) is -0.906. The van der Waals surface area contributed by atoms with E-state index in [0.29, 0.717) is 18.5 Å². The Morgan fingerprint density at radius 2 is 1.90 bits per heavy atom. The molecule has 0 unspecified atom stereocenters. The van der Waals surface area contributed by atoms with Crippen molar-refractivity contribution in [1.82, 2.24) is 4.98 Å². The standard InChI is InChI=1S/C13H7F4NO2/c14-11-3-8(7-19)1-2-12(11)20-10-4-9(5-18-6-10)13(15,16)17/h1-7H. The maximum absolute atomic E-state index is 13.5. The molecule has 0 amide bonds. The lowest BCUT2D eigenvalue weighted by atomic mass is 10.2. The summed E-state index contributed by atoms with van der Waals surface area (Å²) >= 11 is 0. The molecular formula is C13H7F4NO2. The van der Waals surface area contributed by atoms with Crippen molar-refractivity contribution < 1.29 is 27.1 Å². The molecule has 7 heteroatoms. The number of pyridine rings is 1. The van der Waals surface area contributed by atoms with Crippen LogP contribution in [0, 0.1) is 5.82 Å². The Kier molecular flexibility index (Phi) is 3.69. The summed E-state index contributed by atoms with van der Waals surface area (Å²) in [4.78, 5) is 13.8. The van der Waals surface area contributed by atoms with Gasteiger partial charge in [0.15, 0.2) is 11.6 Å². The highest BCUT2D eigenvalue weighted by molar-refractivity contribution is 5.75. The molecule has 0 fully saturated rings. The van der Waals surface area contributed by atoms with Gasteiger partial charge in [0.25, 0.3) is 0 Å². The van der Waals surface area contributed by atoms with Gasteiger partial charge in [-0.25, -0.2) is 4.39 Å². The van der Waals surface area contributed by atoms with E-state index in [4.69, 9.17) is 4.74 Å². The highest BCUT2D eigenvalue weighted by Crippen LogP contribution is 2.32. The minimum Gasteiger partial charge on any atom is -0.453 e. The first-order valence-electron chi connectivity index (χ1n) is 5.35. The van der Waals surface area contributed by atoms with Crippen molar-refractivity contribution in [3.05, 3.63) is 53.6 Å². The van der Waals surface area contributed by atoms with Crippen molar-refractivity contribution in [2.45, 2.75) is 6.18 Å². The van der Waals surface area contributed by atoms with E-state index in [1.165, 1.54) is 6.07 Å². The number of carbonyl (C=O) groups is 1. The van der Waals surface area contributed by atoms with E-state index in [2.05, 4.69) is 4.98 Å². The molecule has 1 aromatic heterocycles. The zero-order valence-electron chi connectivity index (χ0n) is 9.82. The first kappa shape index (κ1) is 14.0. The second kappa shape index (κ2) is 5.28. The van der Waals surface area contributed by atoms with Crippen molar-refractivity contribution in [2.24, 2.45) is 0 Å². The van der Waals surface area contributed by atoms with Gasteiger partial charge < -0.3 is 4.74 Å². The van der Waals surface area contributed by atoms with Crippen LogP contribution in [-0.2, 0) is 6.18 Å². The van der Waals surface area contributed by atoms with Gasteiger partial charge in [0.05, 0.1) is 11.8 Å². The van der Waals surface area contributed by atoms with Crippen LogP contribution in [0.2, 0.25) is 0 Å². The van der Waals surface area contributed by atoms with Crippen LogP contribution in [0.5, 0.6) is 11.5 Å². The first-order valence-corrected chi connectivity index (χ1v) is 5.35. The molecule has 0 aliphatic rings. The summed E-state index contributed by atoms with van der Waals surface area (Å²) in [5.74, 6) is -1.40. The largest absolute Gasteiger partial charge is 0.453 e. The van der Waals surface area contributed by atoms with E-state index in [1.54, 1.807) is 0 Å². The molecule has 1 heterocycles. The van der Waals surface area contributed by atoms with E-state index < -0.39 is 17.6 Å². The van der Waals surface area contributed by atoms with Crippen LogP contribution in [0.3, 0.4) is 0 Å². The minimum absolute atomic E-state index is 0.0945. The molecule has 0 radical (unpaired) electrons. The second-order valence-electron chi connectivity index (χ2n) is 3.82. The van der Waals surface area contributed by atoms with Crippen molar-refractivity contribution in [2.75, 3.05) is 0 Å². The molecule has 1 aromatic carbocycles. The number of aromatic nitrogens is 1. The lowest BCUT2D eigenvalue weighted by Gasteiger charge is -2.10. The molecule has 0 spiro atoms. The maximum atomic E-state index is 13.5. The fourth-order valence-electron chi connectivity index (χ4n) is 1.43. The molecule has 3 nitrogen and oxygen atoms in total. The van der Waals surface area contributed by atoms with E-state index in [0.717, 1.165) is 18.3 Å². The maximum Gasteiger partial charge on any atom is 0.418 e. The number of ether oxygens (including phenoxy) is 1. The highest BCUT2D eigenvalue weighted by Gasteiger charge is 2.31. The fraction of sp³-hybridized carbons (Fsp3) is 0.0769. The molecule has 0 N–H and O–H groups in total. The normalized spacial score (nSPS) is 11.2. The van der Waals surface area contributed by atoms with Gasteiger partial charge >= 0.3 is 6.18 Å². The van der Waals surface area contributed by atoms with Crippen molar-refractivity contribution in [1.29, 1.82) is 0 Å². The Balaban J connectivity index is 2.28. The molecule has 0 atom stereocenters. The quantitative estimate of drug-likeness (QED) is 0.635. The zero-order valence-corrected chi connectivity index (χ0v) is 9.82. The molecular weight excluding hydrogens is 278 g/mol. The number of rotatable bonds is 3. The Morgan fingerprint density at radius 1 is 1.15 bits per heavy atom. The van der Waals surface area contributed by atoms with Gasteiger partial charge in [0.1, 0.15) is 12.0 Å². The van der Waals surface area contributed by atoms with Crippen LogP contribution in [0.1, 0.15) is 15.9 Å². The summed E-state index contributed by atoms with van der Waals surface area (Å²) < 4.78 is 56.0. The van der Waals surface area contributed by atoms with Gasteiger partial charge in [-0.15, -0.1) is 0 Å². The molecule has 0 aliphatic heterocycles. The second-order valence-corrected chi connectivity index (χ2v) is 3.82. The topological polar surface area (TPSA) is 39.2 Å². The molecule has 104 valence electrons. The monoisotopic (exact) mass is 285 g/mol. The summed E-state index contributed by atoms with van der Waals surface area (Å²) in [6, 6.07) is 4.06. The van der Waals surface area contributed by atoms with Crippen LogP contribution < -0.4 is 4.74 Å². The van der Waals surface area contributed by atoms with Crippen LogP contribution in [-0.4, -0.2) is 11.3 Å². The Morgan fingerprint density at radius 3 is 2.50 bits per heavy atom. The lowest BCUT2D eigenvalue weighted by molar-refractivity contribution is -0.137. The molecule has 2 rings (SSSR count). The van der Waals surface area contributed by atoms with Crippen LogP contribution in [0.4, 0.5) is 17.6 Å². The number of alkyl halides is 3. The van der Waals surface area contributed by atoms with Crippen LogP contribution in [0.15, 0.2) is 36.7 Å². The minimum atomic E-state index is -4.56. The van der Waals surface area contributed by atoms with Gasteiger partial charge in [0.2, 0.25) is 0 Å². The Labute approximate surface area is 110 Å². The Bertz CT molecular complexity index is 641. The molecule has 0 saturated carbocycles. The van der Waals surface area contributed by atoms with Crippen LogP contribution >= 0.6 is 0 Å². The van der Waals surface area contributed by atoms with E-state index in [-0.39, 0.29) is 17.1 Å². The van der Waals surface area contributed by atoms with Gasteiger partial charge in [-0.1, -0.05) is 0 Å². The smallest absolute Gasteiger partial charge is 0.418 e. The predicted octanol–water partition coefficient (Wildman–Crippen LogP) is 3.84. The molecule has 20 heavy (non-hydrogen) atoms. The third-order valence-electron chi connectivity index (χ3n) is 2.36. The summed E-state index contributed by atoms with van der Waals surface area (Å²) in [6.45, 7) is 0. The predicted molar refractivity (Wildman–Crippen MR) is 61.1 cm³/mol. The average molecular weight is 285 g/mol. The summed E-state index contributed by atoms with van der Waals surface area (Å²) in [6.07, 6.45) is -2.45. The molecule has 0 aliphatic carbocycles. The summed E-state index contributed by atoms with van der Waals surface area (Å²) in [5, 5.41) is 0.